The highest BCUT2D eigenvalue weighted by molar-refractivity contribution is 14.1. The molecule has 0 fully saturated rings. The summed E-state index contributed by atoms with van der Waals surface area (Å²) in [6, 6.07) is 12.3. The zero-order valence-corrected chi connectivity index (χ0v) is 46.8. The third kappa shape index (κ3) is 33.7. The summed E-state index contributed by atoms with van der Waals surface area (Å²) in [5.74, 6) is -0.306. The average Bonchev–Trinajstić information content (AvgIpc) is 3.22. The van der Waals surface area contributed by atoms with Crippen LogP contribution in [-0.2, 0) is 0 Å². The van der Waals surface area contributed by atoms with Gasteiger partial charge in [-0.25, -0.2) is 0 Å². The molecule has 0 amide bonds. The first-order valence-electron chi connectivity index (χ1n) is 20.0. The van der Waals surface area contributed by atoms with E-state index in [1.165, 1.54) is 139 Å². The Morgan fingerprint density at radius 2 is 0.456 bits per heavy atom. The Balaban J connectivity index is -0.000000185. The van der Waals surface area contributed by atoms with Crippen molar-refractivity contribution in [2.24, 2.45) is 0 Å². The summed E-state index contributed by atoms with van der Waals surface area (Å²) in [5, 5.41) is 34.7. The molecule has 2 aromatic rings. The standard InChI is InChI=1S/4C7H17IN.2C6H6O2.O4Si/c4*1-4-9(5-2,6-3)7-8;2*7-5-3-1-2-4-6(5)8;1-5(2,3)4/h4*4-7H2,1-3H3;2*1-4,7-8H;/q4*+1;;;-4. The predicted octanol–water partition coefficient (Wildman–Crippen LogP) is 6.08. The van der Waals surface area contributed by atoms with Crippen LogP contribution in [0.15, 0.2) is 48.5 Å². The molecule has 17 heteroatoms. The summed E-state index contributed by atoms with van der Waals surface area (Å²) >= 11 is 9.90. The van der Waals surface area contributed by atoms with E-state index in [1.54, 1.807) is 24.3 Å². The quantitative estimate of drug-likeness (QED) is 0.0391. The highest BCUT2D eigenvalue weighted by atomic mass is 127. The Kier molecular flexibility index (Phi) is 45.9. The smallest absolute Gasteiger partial charge is 0.157 e. The minimum absolute atomic E-state index is 0.0764. The SMILES string of the molecule is CC[N+](CC)(CC)CI.CC[N+](CC)(CC)CI.CC[N+](CC)(CC)CI.CC[N+](CC)(CC)CI.Oc1ccccc1O.Oc1ccccc1O.[O-][Si]([O-])([O-])[O-]. The maximum absolute atomic E-state index is 8.67. The molecule has 340 valence electrons. The van der Waals surface area contributed by atoms with Gasteiger partial charge in [0.05, 0.1) is 78.5 Å². The Bertz CT molecular complexity index is 933. The maximum atomic E-state index is 8.67. The molecule has 0 aromatic heterocycles. The van der Waals surface area contributed by atoms with Crippen molar-refractivity contribution in [1.82, 2.24) is 0 Å². The highest BCUT2D eigenvalue weighted by Crippen LogP contribution is 2.22. The fourth-order valence-electron chi connectivity index (χ4n) is 4.63. The molecule has 0 heterocycles. The number of rotatable bonds is 16. The zero-order valence-electron chi connectivity index (χ0n) is 37.2. The number of hydrogen-bond donors (Lipinski definition) is 4. The average molecular weight is 1280 g/mol. The van der Waals surface area contributed by atoms with Gasteiger partial charge < -0.3 is 66.6 Å². The molecule has 0 aliphatic carbocycles. The fraction of sp³-hybridized carbons (Fsp3) is 0.700. The van der Waals surface area contributed by atoms with Gasteiger partial charge >= 0.3 is 0 Å². The topological polar surface area (TPSA) is 173 Å². The van der Waals surface area contributed by atoms with Crippen molar-refractivity contribution < 1.29 is 57.5 Å². The van der Waals surface area contributed by atoms with Gasteiger partial charge in [-0.2, -0.15) is 0 Å². The van der Waals surface area contributed by atoms with E-state index < -0.39 is 9.05 Å². The van der Waals surface area contributed by atoms with Crippen LogP contribution in [0, 0.1) is 0 Å². The lowest BCUT2D eigenvalue weighted by Crippen LogP contribution is -2.82. The van der Waals surface area contributed by atoms with Crippen molar-refractivity contribution in [3.63, 3.8) is 0 Å². The Morgan fingerprint density at radius 1 is 0.351 bits per heavy atom. The summed E-state index contributed by atoms with van der Waals surface area (Å²) in [7, 11) is -5.61. The third-order valence-electron chi connectivity index (χ3n) is 10.8. The van der Waals surface area contributed by atoms with Crippen LogP contribution in [0.25, 0.3) is 0 Å². The van der Waals surface area contributed by atoms with Crippen molar-refractivity contribution >= 4 is 99.4 Å². The van der Waals surface area contributed by atoms with Crippen molar-refractivity contribution in [3.05, 3.63) is 48.5 Å². The van der Waals surface area contributed by atoms with Crippen LogP contribution in [0.2, 0.25) is 0 Å². The summed E-state index contributed by atoms with van der Waals surface area (Å²) in [6.07, 6.45) is 0. The summed E-state index contributed by atoms with van der Waals surface area (Å²) < 4.78 is 10.1. The van der Waals surface area contributed by atoms with Gasteiger partial charge in [0, 0.05) is 0 Å². The van der Waals surface area contributed by atoms with E-state index in [0.717, 1.165) is 0 Å². The first-order valence-corrected chi connectivity index (χ1v) is 27.7. The number of phenolic OH excluding ortho intramolecular Hbond substituents is 4. The lowest BCUT2D eigenvalue weighted by molar-refractivity contribution is -0.908. The molecule has 0 spiro atoms. The van der Waals surface area contributed by atoms with E-state index in [2.05, 4.69) is 173 Å². The second-order valence-electron chi connectivity index (χ2n) is 13.1. The van der Waals surface area contributed by atoms with Crippen LogP contribution in [0.4, 0.5) is 0 Å². The monoisotopic (exact) mass is 1280 g/mol. The first kappa shape index (κ1) is 66.6. The Labute approximate surface area is 404 Å². The van der Waals surface area contributed by atoms with Crippen molar-refractivity contribution in [2.75, 3.05) is 96.7 Å². The number of para-hydroxylation sites is 4. The second-order valence-corrected chi connectivity index (χ2v) is 16.8. The minimum atomic E-state index is -5.61. The lowest BCUT2D eigenvalue weighted by atomic mass is 10.3. The van der Waals surface area contributed by atoms with Gasteiger partial charge in [-0.15, -0.1) is 0 Å². The third-order valence-corrected chi connectivity index (χ3v) is 16.6. The van der Waals surface area contributed by atoms with E-state index in [1.807, 2.05) is 0 Å². The molecule has 0 saturated heterocycles. The van der Waals surface area contributed by atoms with Gasteiger partial charge in [0.25, 0.3) is 0 Å². The molecule has 4 N–H and O–H groups in total. The molecule has 57 heavy (non-hydrogen) atoms. The van der Waals surface area contributed by atoms with Crippen LogP contribution >= 0.6 is 90.4 Å². The minimum Gasteiger partial charge on any atom is -0.894 e. The van der Waals surface area contributed by atoms with Gasteiger partial charge in [0.15, 0.2) is 23.0 Å². The van der Waals surface area contributed by atoms with Crippen LogP contribution in [0.1, 0.15) is 83.1 Å². The number of aromatic hydroxyl groups is 4. The molecular weight excluding hydrogens is 1200 g/mol. The molecule has 0 radical (unpaired) electrons. The largest absolute Gasteiger partial charge is 0.894 e. The van der Waals surface area contributed by atoms with Gasteiger partial charge in [-0.1, -0.05) is 24.3 Å². The van der Waals surface area contributed by atoms with Crippen molar-refractivity contribution in [2.45, 2.75) is 83.1 Å². The summed E-state index contributed by atoms with van der Waals surface area (Å²) in [6.45, 7) is 42.5. The van der Waals surface area contributed by atoms with E-state index in [-0.39, 0.29) is 23.0 Å². The van der Waals surface area contributed by atoms with Crippen molar-refractivity contribution in [1.29, 1.82) is 0 Å². The van der Waals surface area contributed by atoms with Crippen LogP contribution in [0.5, 0.6) is 23.0 Å². The van der Waals surface area contributed by atoms with Crippen LogP contribution < -0.4 is 19.2 Å². The maximum Gasteiger partial charge on any atom is 0.157 e. The number of alkyl halides is 4. The number of phenols is 4. The number of benzene rings is 2. The fourth-order valence-corrected chi connectivity index (χ4v) is 10.4. The number of nitrogens with zero attached hydrogens (tertiary/aromatic N) is 4. The van der Waals surface area contributed by atoms with Gasteiger partial charge in [-0.05, 0) is 198 Å². The molecular formula is C40H80I4N4O8Si. The van der Waals surface area contributed by atoms with Crippen LogP contribution in [-0.4, -0.2) is 144 Å². The molecule has 0 atom stereocenters. The molecule has 0 bridgehead atoms. The summed E-state index contributed by atoms with van der Waals surface area (Å²) in [4.78, 5) is 34.3. The molecule has 0 aliphatic heterocycles. The highest BCUT2D eigenvalue weighted by Gasteiger charge is 2.19. The summed E-state index contributed by atoms with van der Waals surface area (Å²) in [5.41, 5.74) is 0. The molecule has 0 unspecified atom stereocenters. The van der Waals surface area contributed by atoms with Gasteiger partial charge in [0.2, 0.25) is 0 Å². The van der Waals surface area contributed by atoms with Gasteiger partial charge in [-0.3, -0.25) is 0 Å². The lowest BCUT2D eigenvalue weighted by Gasteiger charge is -2.67. The number of hydrogen-bond acceptors (Lipinski definition) is 8. The number of halogens is 4. The molecule has 0 aliphatic rings. The van der Waals surface area contributed by atoms with E-state index in [9.17, 15) is 0 Å². The van der Waals surface area contributed by atoms with E-state index in [4.69, 9.17) is 39.6 Å². The second kappa shape index (κ2) is 39.3. The first-order chi connectivity index (χ1) is 26.6. The normalized spacial score (nSPS) is 11.2. The molecule has 2 aromatic carbocycles. The molecule has 2 rings (SSSR count). The van der Waals surface area contributed by atoms with E-state index in [0.29, 0.717) is 0 Å². The van der Waals surface area contributed by atoms with E-state index >= 15 is 0 Å². The Hall–Kier alpha value is 0.457. The molecule has 0 saturated carbocycles. The number of quaternary nitrogens is 4. The van der Waals surface area contributed by atoms with Crippen LogP contribution in [0.3, 0.4) is 0 Å². The van der Waals surface area contributed by atoms with Gasteiger partial charge in [0.1, 0.15) is 18.2 Å². The predicted molar refractivity (Wildman–Crippen MR) is 268 cm³/mol. The van der Waals surface area contributed by atoms with Crippen molar-refractivity contribution in [3.8, 4) is 23.0 Å². The molecule has 12 nitrogen and oxygen atoms in total. The zero-order chi connectivity index (χ0) is 45.8. The Morgan fingerprint density at radius 3 is 0.491 bits per heavy atom.